The summed E-state index contributed by atoms with van der Waals surface area (Å²) in [5, 5.41) is 8.48. The van der Waals surface area contributed by atoms with Gasteiger partial charge in [-0.2, -0.15) is 5.26 Å². The van der Waals surface area contributed by atoms with Gasteiger partial charge in [-0.3, -0.25) is 0 Å². The predicted octanol–water partition coefficient (Wildman–Crippen LogP) is 1.20. The number of aromatic nitrogens is 1. The second kappa shape index (κ2) is 2.50. The molecule has 0 aliphatic rings. The molecule has 0 unspecified atom stereocenters. The van der Waals surface area contributed by atoms with Gasteiger partial charge in [0.2, 0.25) is 0 Å². The molecule has 0 bridgehead atoms. The van der Waals surface area contributed by atoms with E-state index in [-0.39, 0.29) is 0 Å². The fourth-order valence-corrected chi connectivity index (χ4v) is 0.841. The van der Waals surface area contributed by atoms with E-state index < -0.39 is 0 Å². The Morgan fingerprint density at radius 2 is 2.40 bits per heavy atom. The molecule has 0 spiro atoms. The number of hydrogen-bond acceptors (Lipinski definition) is 3. The number of rotatable bonds is 0. The zero-order valence-corrected chi connectivity index (χ0v) is 5.90. The second-order valence-corrected chi connectivity index (χ2v) is 2.16. The third-order valence-electron chi connectivity index (χ3n) is 1.10. The minimum Gasteiger partial charge on any atom is -0.398 e. The highest BCUT2D eigenvalue weighted by molar-refractivity contribution is 7.71. The Balaban J connectivity index is 3.50. The number of hydrogen-bond donors (Lipinski definition) is 2. The maximum Gasteiger partial charge on any atom is 0.123 e. The van der Waals surface area contributed by atoms with E-state index in [0.29, 0.717) is 15.9 Å². The molecule has 4 heteroatoms. The molecule has 1 aromatic heterocycles. The van der Waals surface area contributed by atoms with Crippen LogP contribution in [0.15, 0.2) is 12.3 Å². The van der Waals surface area contributed by atoms with Gasteiger partial charge in [0.15, 0.2) is 0 Å². The lowest BCUT2D eigenvalue weighted by Gasteiger charge is -1.93. The van der Waals surface area contributed by atoms with Crippen LogP contribution in [0, 0.1) is 16.0 Å². The molecule has 1 heterocycles. The summed E-state index contributed by atoms with van der Waals surface area (Å²) in [7, 11) is 0. The Morgan fingerprint density at radius 3 is 2.80 bits per heavy atom. The van der Waals surface area contributed by atoms with Crippen molar-refractivity contribution >= 4 is 17.9 Å². The highest BCUT2D eigenvalue weighted by atomic mass is 32.1. The zero-order chi connectivity index (χ0) is 7.56. The Morgan fingerprint density at radius 1 is 1.70 bits per heavy atom. The maximum absolute atomic E-state index is 8.48. The van der Waals surface area contributed by atoms with E-state index >= 15 is 0 Å². The molecule has 0 fully saturated rings. The molecule has 0 amide bonds. The van der Waals surface area contributed by atoms with Crippen LogP contribution in [-0.2, 0) is 0 Å². The summed E-state index contributed by atoms with van der Waals surface area (Å²) in [5.74, 6) is 0. The third-order valence-corrected chi connectivity index (χ3v) is 1.43. The Hall–Kier alpha value is -1.34. The van der Waals surface area contributed by atoms with Crippen molar-refractivity contribution in [1.82, 2.24) is 4.98 Å². The van der Waals surface area contributed by atoms with Crippen molar-refractivity contribution in [2.24, 2.45) is 0 Å². The molecule has 0 saturated heterocycles. The van der Waals surface area contributed by atoms with Crippen LogP contribution in [0.1, 0.15) is 5.56 Å². The molecule has 0 radical (unpaired) electrons. The van der Waals surface area contributed by atoms with Gasteiger partial charge < -0.3 is 10.7 Å². The van der Waals surface area contributed by atoms with Gasteiger partial charge in [0, 0.05) is 6.20 Å². The van der Waals surface area contributed by atoms with E-state index in [2.05, 4.69) is 4.98 Å². The maximum atomic E-state index is 8.48. The van der Waals surface area contributed by atoms with E-state index in [9.17, 15) is 0 Å². The van der Waals surface area contributed by atoms with Gasteiger partial charge in [0.25, 0.3) is 0 Å². The van der Waals surface area contributed by atoms with Crippen LogP contribution >= 0.6 is 12.2 Å². The smallest absolute Gasteiger partial charge is 0.123 e. The highest BCUT2D eigenvalue weighted by Crippen LogP contribution is 2.07. The molecule has 1 aromatic rings. The molecule has 50 valence electrons. The molecule has 0 aliphatic heterocycles. The number of nitrogens with zero attached hydrogens (tertiary/aromatic N) is 1. The first-order valence-electron chi connectivity index (χ1n) is 2.63. The Bertz CT molecular complexity index is 334. The standard InChI is InChI=1S/C6H5N3S/c7-3-4-5(8)1-2-9-6(4)10/h1-2H,(H3,8,9,10). The first kappa shape index (κ1) is 6.78. The summed E-state index contributed by atoms with van der Waals surface area (Å²) in [4.78, 5) is 2.70. The number of H-pyrrole nitrogens is 1. The van der Waals surface area contributed by atoms with E-state index in [1.165, 1.54) is 0 Å². The minimum absolute atomic E-state index is 0.345. The molecule has 0 aromatic carbocycles. The van der Waals surface area contributed by atoms with Crippen molar-refractivity contribution in [2.75, 3.05) is 5.73 Å². The van der Waals surface area contributed by atoms with Crippen LogP contribution in [0.2, 0.25) is 0 Å². The van der Waals surface area contributed by atoms with Crippen LogP contribution in [0.3, 0.4) is 0 Å². The number of nitriles is 1. The summed E-state index contributed by atoms with van der Waals surface area (Å²) in [5.41, 5.74) is 6.19. The third kappa shape index (κ3) is 0.993. The van der Waals surface area contributed by atoms with Crippen LogP contribution < -0.4 is 5.73 Å². The Kier molecular flexibility index (Phi) is 1.69. The van der Waals surface area contributed by atoms with Crippen LogP contribution in [0.5, 0.6) is 0 Å². The number of pyridine rings is 1. The molecule has 1 rings (SSSR count). The topological polar surface area (TPSA) is 65.6 Å². The SMILES string of the molecule is N#Cc1c(N)cc[nH]c1=S. The average Bonchev–Trinajstić information content (AvgIpc) is 1.88. The van der Waals surface area contributed by atoms with E-state index in [1.807, 2.05) is 6.07 Å². The predicted molar refractivity (Wildman–Crippen MR) is 40.8 cm³/mol. The first-order valence-corrected chi connectivity index (χ1v) is 3.04. The number of aromatic amines is 1. The zero-order valence-electron chi connectivity index (χ0n) is 5.09. The summed E-state index contributed by atoms with van der Waals surface area (Å²) in [6.07, 6.45) is 1.61. The van der Waals surface area contributed by atoms with E-state index in [1.54, 1.807) is 12.3 Å². The molecule has 0 aliphatic carbocycles. The lowest BCUT2D eigenvalue weighted by Crippen LogP contribution is -1.91. The van der Waals surface area contributed by atoms with Crippen LogP contribution in [-0.4, -0.2) is 4.98 Å². The fraction of sp³-hybridized carbons (Fsp3) is 0. The minimum atomic E-state index is 0.345. The van der Waals surface area contributed by atoms with Crippen molar-refractivity contribution in [3.8, 4) is 6.07 Å². The van der Waals surface area contributed by atoms with Gasteiger partial charge in [-0.25, -0.2) is 0 Å². The normalized spacial score (nSPS) is 8.70. The molecule has 3 nitrogen and oxygen atoms in total. The van der Waals surface area contributed by atoms with Crippen LogP contribution in [0.25, 0.3) is 0 Å². The van der Waals surface area contributed by atoms with Crippen molar-refractivity contribution in [1.29, 1.82) is 5.26 Å². The van der Waals surface area contributed by atoms with Gasteiger partial charge in [-0.15, -0.1) is 0 Å². The molecular weight excluding hydrogens is 146 g/mol. The number of nitrogens with two attached hydrogens (primary N) is 1. The van der Waals surface area contributed by atoms with Gasteiger partial charge in [0.1, 0.15) is 16.3 Å². The van der Waals surface area contributed by atoms with E-state index in [4.69, 9.17) is 23.2 Å². The second-order valence-electron chi connectivity index (χ2n) is 1.75. The lowest BCUT2D eigenvalue weighted by atomic mass is 10.3. The van der Waals surface area contributed by atoms with Gasteiger partial charge >= 0.3 is 0 Å². The largest absolute Gasteiger partial charge is 0.398 e. The quantitative estimate of drug-likeness (QED) is 0.547. The average molecular weight is 151 g/mol. The molecule has 0 atom stereocenters. The highest BCUT2D eigenvalue weighted by Gasteiger charge is 1.96. The van der Waals surface area contributed by atoms with Crippen molar-refractivity contribution in [3.05, 3.63) is 22.5 Å². The summed E-state index contributed by atoms with van der Waals surface area (Å²) in [6.45, 7) is 0. The monoisotopic (exact) mass is 151 g/mol. The summed E-state index contributed by atoms with van der Waals surface area (Å²) in [6, 6.07) is 3.51. The fourth-order valence-electron chi connectivity index (χ4n) is 0.609. The number of nitrogens with one attached hydrogen (secondary N) is 1. The van der Waals surface area contributed by atoms with Crippen molar-refractivity contribution < 1.29 is 0 Å². The lowest BCUT2D eigenvalue weighted by molar-refractivity contribution is 1.27. The summed E-state index contributed by atoms with van der Waals surface area (Å²) >= 11 is 4.78. The number of anilines is 1. The van der Waals surface area contributed by atoms with Crippen molar-refractivity contribution in [2.45, 2.75) is 0 Å². The molecule has 3 N–H and O–H groups in total. The van der Waals surface area contributed by atoms with E-state index in [0.717, 1.165) is 0 Å². The molecule has 0 saturated carbocycles. The van der Waals surface area contributed by atoms with Gasteiger partial charge in [0.05, 0.1) is 5.69 Å². The molecule has 10 heavy (non-hydrogen) atoms. The van der Waals surface area contributed by atoms with Gasteiger partial charge in [-0.05, 0) is 6.07 Å². The first-order chi connectivity index (χ1) is 4.75. The Labute approximate surface area is 63.1 Å². The van der Waals surface area contributed by atoms with Crippen LogP contribution in [0.4, 0.5) is 5.69 Å². The number of nitrogen functional groups attached to an aromatic ring is 1. The van der Waals surface area contributed by atoms with Gasteiger partial charge in [-0.1, -0.05) is 12.2 Å². The van der Waals surface area contributed by atoms with Crippen molar-refractivity contribution in [3.63, 3.8) is 0 Å². The molecular formula is C6H5N3S. The summed E-state index contributed by atoms with van der Waals surface area (Å²) < 4.78 is 0.391.